The fourth-order valence-electron chi connectivity index (χ4n) is 2.79. The molecule has 0 aliphatic heterocycles. The lowest BCUT2D eigenvalue weighted by Crippen LogP contribution is -2.06. The van der Waals surface area contributed by atoms with Crippen LogP contribution in [-0.4, -0.2) is 5.78 Å². The second kappa shape index (κ2) is 5.58. The van der Waals surface area contributed by atoms with Crippen molar-refractivity contribution in [2.45, 2.75) is 32.1 Å². The molecule has 0 saturated heterocycles. The minimum Gasteiger partial charge on any atom is -0.390 e. The number of fused-ring (bicyclic) bond motifs is 1. The number of rotatable bonds is 2. The highest BCUT2D eigenvalue weighted by Gasteiger charge is 2.24. The standard InChI is InChI=1S/C16H16ClNOS/c17-11-6-4-5-10(9-11)15(19)14-12-7-2-1-3-8-13(12)20-16(14)18/h4-6,9H,1-3,7-8,18H2. The molecule has 2 N–H and O–H groups in total. The number of ketones is 1. The molecule has 2 nitrogen and oxygen atoms in total. The molecule has 0 atom stereocenters. The summed E-state index contributed by atoms with van der Waals surface area (Å²) >= 11 is 7.56. The number of thiophene rings is 1. The molecule has 0 amide bonds. The van der Waals surface area contributed by atoms with E-state index in [1.54, 1.807) is 35.6 Å². The maximum absolute atomic E-state index is 12.7. The Hall–Kier alpha value is -1.32. The Balaban J connectivity index is 2.06. The molecule has 1 aromatic carbocycles. The molecule has 20 heavy (non-hydrogen) atoms. The Morgan fingerprint density at radius 2 is 2.00 bits per heavy atom. The molecule has 0 saturated carbocycles. The number of carbonyl (C=O) groups excluding carboxylic acids is 1. The van der Waals surface area contributed by atoms with E-state index in [1.807, 2.05) is 0 Å². The zero-order valence-corrected chi connectivity index (χ0v) is 12.7. The van der Waals surface area contributed by atoms with E-state index in [0.29, 0.717) is 21.2 Å². The summed E-state index contributed by atoms with van der Waals surface area (Å²) in [5.74, 6) is 0.00407. The molecular formula is C16H16ClNOS. The first-order valence-corrected chi connectivity index (χ1v) is 8.06. The highest BCUT2D eigenvalue weighted by Crippen LogP contribution is 2.36. The number of hydrogen-bond acceptors (Lipinski definition) is 3. The second-order valence-corrected chi connectivity index (χ2v) is 6.72. The first kappa shape index (κ1) is 13.7. The van der Waals surface area contributed by atoms with E-state index in [1.165, 1.54) is 23.3 Å². The minimum absolute atomic E-state index is 0.00407. The molecule has 1 aromatic heterocycles. The zero-order chi connectivity index (χ0) is 14.1. The Bertz CT molecular complexity index is 662. The van der Waals surface area contributed by atoms with Crippen LogP contribution in [0, 0.1) is 0 Å². The molecule has 0 radical (unpaired) electrons. The fourth-order valence-corrected chi connectivity index (χ4v) is 4.13. The van der Waals surface area contributed by atoms with E-state index in [0.717, 1.165) is 19.3 Å². The first-order valence-electron chi connectivity index (χ1n) is 6.87. The number of carbonyl (C=O) groups is 1. The van der Waals surface area contributed by atoms with Gasteiger partial charge in [0.25, 0.3) is 0 Å². The number of hydrogen-bond donors (Lipinski definition) is 1. The number of nitrogens with two attached hydrogens (primary N) is 1. The molecule has 1 aliphatic carbocycles. The lowest BCUT2D eigenvalue weighted by molar-refractivity contribution is 0.103. The van der Waals surface area contributed by atoms with Crippen molar-refractivity contribution >= 4 is 33.7 Å². The van der Waals surface area contributed by atoms with Gasteiger partial charge in [0.15, 0.2) is 5.78 Å². The van der Waals surface area contributed by atoms with E-state index in [2.05, 4.69) is 0 Å². The molecule has 0 spiro atoms. The number of benzene rings is 1. The molecule has 0 fully saturated rings. The monoisotopic (exact) mass is 305 g/mol. The topological polar surface area (TPSA) is 43.1 Å². The third-order valence-electron chi connectivity index (χ3n) is 3.76. The van der Waals surface area contributed by atoms with Gasteiger partial charge >= 0.3 is 0 Å². The quantitative estimate of drug-likeness (QED) is 0.656. The molecule has 1 aliphatic rings. The van der Waals surface area contributed by atoms with Gasteiger partial charge in [0, 0.05) is 15.5 Å². The van der Waals surface area contributed by atoms with E-state index in [4.69, 9.17) is 17.3 Å². The zero-order valence-electron chi connectivity index (χ0n) is 11.1. The predicted molar refractivity (Wildman–Crippen MR) is 84.9 cm³/mol. The van der Waals surface area contributed by atoms with Gasteiger partial charge in [-0.25, -0.2) is 0 Å². The van der Waals surface area contributed by atoms with Crippen LogP contribution in [0.4, 0.5) is 5.00 Å². The van der Waals surface area contributed by atoms with Crippen LogP contribution in [0.25, 0.3) is 0 Å². The smallest absolute Gasteiger partial charge is 0.196 e. The summed E-state index contributed by atoms with van der Waals surface area (Å²) in [5.41, 5.74) is 8.63. The average molecular weight is 306 g/mol. The average Bonchev–Trinajstić information content (AvgIpc) is 2.60. The highest BCUT2D eigenvalue weighted by molar-refractivity contribution is 7.16. The van der Waals surface area contributed by atoms with Crippen molar-refractivity contribution < 1.29 is 4.79 Å². The fraction of sp³-hybridized carbons (Fsp3) is 0.312. The Morgan fingerprint density at radius 1 is 1.20 bits per heavy atom. The van der Waals surface area contributed by atoms with Crippen molar-refractivity contribution in [1.29, 1.82) is 0 Å². The molecule has 1 heterocycles. The lowest BCUT2D eigenvalue weighted by atomic mass is 9.98. The summed E-state index contributed by atoms with van der Waals surface area (Å²) in [4.78, 5) is 14.0. The van der Waals surface area contributed by atoms with Crippen LogP contribution in [0.1, 0.15) is 45.6 Å². The van der Waals surface area contributed by atoms with Gasteiger partial charge in [0.1, 0.15) is 0 Å². The second-order valence-electron chi connectivity index (χ2n) is 5.14. The summed E-state index contributed by atoms with van der Waals surface area (Å²) in [7, 11) is 0. The van der Waals surface area contributed by atoms with Crippen LogP contribution >= 0.6 is 22.9 Å². The lowest BCUT2D eigenvalue weighted by Gasteiger charge is -2.05. The molecule has 0 unspecified atom stereocenters. The van der Waals surface area contributed by atoms with Gasteiger partial charge in [-0.05, 0) is 43.4 Å². The summed E-state index contributed by atoms with van der Waals surface area (Å²) in [5, 5.41) is 1.23. The van der Waals surface area contributed by atoms with E-state index >= 15 is 0 Å². The molecule has 2 aromatic rings. The van der Waals surface area contributed by atoms with Gasteiger partial charge in [-0.3, -0.25) is 4.79 Å². The van der Waals surface area contributed by atoms with Crippen LogP contribution in [0.2, 0.25) is 5.02 Å². The summed E-state index contributed by atoms with van der Waals surface area (Å²) in [6.45, 7) is 0. The Kier molecular flexibility index (Phi) is 3.81. The van der Waals surface area contributed by atoms with Gasteiger partial charge in [0.2, 0.25) is 0 Å². The van der Waals surface area contributed by atoms with Crippen LogP contribution in [0.5, 0.6) is 0 Å². The SMILES string of the molecule is Nc1sc2c(c1C(=O)c1cccc(Cl)c1)CCCCC2. The van der Waals surface area contributed by atoms with E-state index < -0.39 is 0 Å². The third-order valence-corrected chi connectivity index (χ3v) is 5.12. The summed E-state index contributed by atoms with van der Waals surface area (Å²) < 4.78 is 0. The third kappa shape index (κ3) is 2.48. The molecular weight excluding hydrogens is 290 g/mol. The number of aryl methyl sites for hydroxylation is 1. The van der Waals surface area contributed by atoms with E-state index in [-0.39, 0.29) is 5.78 Å². The van der Waals surface area contributed by atoms with E-state index in [9.17, 15) is 4.79 Å². The minimum atomic E-state index is 0.00407. The Morgan fingerprint density at radius 3 is 2.80 bits per heavy atom. The van der Waals surface area contributed by atoms with Gasteiger partial charge < -0.3 is 5.73 Å². The number of halogens is 1. The van der Waals surface area contributed by atoms with Crippen molar-refractivity contribution in [2.75, 3.05) is 5.73 Å². The van der Waals surface area contributed by atoms with Gasteiger partial charge in [0.05, 0.1) is 10.6 Å². The normalized spacial score (nSPS) is 14.7. The van der Waals surface area contributed by atoms with Crippen molar-refractivity contribution in [1.82, 2.24) is 0 Å². The Labute approximate surface area is 127 Å². The van der Waals surface area contributed by atoms with Crippen molar-refractivity contribution in [2.24, 2.45) is 0 Å². The number of anilines is 1. The molecule has 4 heteroatoms. The van der Waals surface area contributed by atoms with Crippen LogP contribution in [-0.2, 0) is 12.8 Å². The molecule has 0 bridgehead atoms. The molecule has 3 rings (SSSR count). The summed E-state index contributed by atoms with van der Waals surface area (Å²) in [6.07, 6.45) is 5.57. The van der Waals surface area contributed by atoms with Gasteiger partial charge in [-0.1, -0.05) is 30.2 Å². The first-order chi connectivity index (χ1) is 9.66. The van der Waals surface area contributed by atoms with Gasteiger partial charge in [-0.2, -0.15) is 0 Å². The largest absolute Gasteiger partial charge is 0.390 e. The maximum atomic E-state index is 12.7. The summed E-state index contributed by atoms with van der Waals surface area (Å²) in [6, 6.07) is 7.09. The van der Waals surface area contributed by atoms with Crippen molar-refractivity contribution in [3.8, 4) is 0 Å². The van der Waals surface area contributed by atoms with Crippen molar-refractivity contribution in [3.63, 3.8) is 0 Å². The number of nitrogen functional groups attached to an aromatic ring is 1. The van der Waals surface area contributed by atoms with Crippen molar-refractivity contribution in [3.05, 3.63) is 50.9 Å². The van der Waals surface area contributed by atoms with Crippen LogP contribution < -0.4 is 5.73 Å². The maximum Gasteiger partial charge on any atom is 0.196 e. The molecule has 104 valence electrons. The van der Waals surface area contributed by atoms with Crippen LogP contribution in [0.15, 0.2) is 24.3 Å². The van der Waals surface area contributed by atoms with Crippen LogP contribution in [0.3, 0.4) is 0 Å². The predicted octanol–water partition coefficient (Wildman–Crippen LogP) is 4.48. The van der Waals surface area contributed by atoms with Gasteiger partial charge in [-0.15, -0.1) is 11.3 Å². The highest BCUT2D eigenvalue weighted by atomic mass is 35.5.